The molecule has 0 unspecified atom stereocenters. The van der Waals surface area contributed by atoms with E-state index in [1.54, 1.807) is 87.0 Å². The van der Waals surface area contributed by atoms with Crippen molar-refractivity contribution >= 4 is 113 Å². The molecule has 0 saturated heterocycles. The number of benzene rings is 6. The number of nitrogen functional groups attached to an aromatic ring is 1. The van der Waals surface area contributed by atoms with E-state index in [2.05, 4.69) is 78.6 Å². The normalized spacial score (nSPS) is 9.57. The van der Waals surface area contributed by atoms with E-state index in [0.29, 0.717) is 22.5 Å². The lowest BCUT2D eigenvalue weighted by Crippen LogP contribution is -2.02. The minimum Gasteiger partial charge on any atom is -0.508 e. The lowest BCUT2D eigenvalue weighted by molar-refractivity contribution is 0.0592. The Bertz CT molecular complexity index is 2420. The monoisotopic (exact) mass is 1110 g/mol. The molecule has 0 atom stereocenters. The predicted molar refractivity (Wildman–Crippen MR) is 268 cm³/mol. The van der Waals surface area contributed by atoms with Crippen molar-refractivity contribution in [3.8, 4) is 17.2 Å². The number of ether oxygens (including phenoxy) is 4. The predicted octanol–water partition coefficient (Wildman–Crippen LogP) is 12.7. The Hall–Kier alpha value is -5.49. The number of phenols is 1. The first-order valence-corrected chi connectivity index (χ1v) is 22.1. The van der Waals surface area contributed by atoms with Crippen LogP contribution < -0.4 is 25.8 Å². The molecule has 6 N–H and O–H groups in total. The van der Waals surface area contributed by atoms with E-state index < -0.39 is 5.97 Å². The molecular weight excluding hydrogens is 1070 g/mol. The topological polar surface area (TPSA) is 179 Å². The number of esters is 2. The van der Waals surface area contributed by atoms with Crippen molar-refractivity contribution in [1.29, 1.82) is 0 Å². The highest BCUT2D eigenvalue weighted by atomic mass is 79.9. The van der Waals surface area contributed by atoms with Crippen LogP contribution in [0.25, 0.3) is 0 Å². The highest BCUT2D eigenvalue weighted by Crippen LogP contribution is 2.26. The lowest BCUT2D eigenvalue weighted by atomic mass is 10.1. The summed E-state index contributed by atoms with van der Waals surface area (Å²) in [6, 6.07) is 37.1. The van der Waals surface area contributed by atoms with Gasteiger partial charge in [-0.05, 0) is 147 Å². The lowest BCUT2D eigenvalue weighted by Gasteiger charge is -2.11. The van der Waals surface area contributed by atoms with Gasteiger partial charge in [0, 0.05) is 32.9 Å². The smallest absolute Gasteiger partial charge is 0.369 e. The van der Waals surface area contributed by atoms with Gasteiger partial charge in [-0.15, -0.1) is 47.3 Å². The first-order chi connectivity index (χ1) is 29.9. The number of halogens is 4. The highest BCUT2D eigenvalue weighted by Gasteiger charge is 2.08. The number of rotatable bonds is 9. The van der Waals surface area contributed by atoms with Crippen LogP contribution in [-0.2, 0) is 9.47 Å². The number of hydrogen-bond donors (Lipinski definition) is 5. The summed E-state index contributed by atoms with van der Waals surface area (Å²) >= 11 is 12.7. The third-order valence-electron chi connectivity index (χ3n) is 8.27. The number of aromatic hydroxyl groups is 1. The van der Waals surface area contributed by atoms with E-state index in [4.69, 9.17) is 25.1 Å². The SMILES string of the molecule is BrB(Br)Br.COC(=O)c1cccc(N)c1.COC(=O)c1cccc(Nc2ccc(OC)cc2C)c1.COc1ccc(Br)c(C)c1.Cc1cc(O)ccc1Nc1cccc(C(=O)O)c1. The van der Waals surface area contributed by atoms with Crippen LogP contribution in [0.4, 0.5) is 28.4 Å². The van der Waals surface area contributed by atoms with Crippen molar-refractivity contribution in [1.82, 2.24) is 0 Å². The molecule has 0 aliphatic heterocycles. The van der Waals surface area contributed by atoms with Gasteiger partial charge in [-0.3, -0.25) is 0 Å². The Morgan fingerprint density at radius 1 is 0.571 bits per heavy atom. The number of methoxy groups -OCH3 is 4. The number of carbonyl (C=O) groups excluding carboxylic acids is 2. The summed E-state index contributed by atoms with van der Waals surface area (Å²) in [5.74, 6) is 0.257. The summed E-state index contributed by atoms with van der Waals surface area (Å²) in [6.45, 7) is 5.89. The van der Waals surface area contributed by atoms with Gasteiger partial charge < -0.3 is 45.5 Å². The number of phenolic OH excluding ortho intramolecular Hbond substituents is 1. The van der Waals surface area contributed by atoms with E-state index in [0.717, 1.165) is 44.2 Å². The van der Waals surface area contributed by atoms with Gasteiger partial charge in [-0.25, -0.2) is 14.4 Å². The fourth-order valence-corrected chi connectivity index (χ4v) is 5.35. The van der Waals surface area contributed by atoms with Crippen LogP contribution >= 0.6 is 63.2 Å². The minimum absolute atomic E-state index is 0.206. The zero-order chi connectivity index (χ0) is 47.1. The summed E-state index contributed by atoms with van der Waals surface area (Å²) in [4.78, 5) is 33.2. The fourth-order valence-electron chi connectivity index (χ4n) is 5.10. The van der Waals surface area contributed by atoms with Gasteiger partial charge in [0.15, 0.2) is 0 Å². The van der Waals surface area contributed by atoms with Crippen molar-refractivity contribution in [2.45, 2.75) is 20.8 Å². The zero-order valence-corrected chi connectivity index (χ0v) is 41.9. The first kappa shape index (κ1) is 53.7. The van der Waals surface area contributed by atoms with Gasteiger partial charge in [-0.1, -0.05) is 34.1 Å². The number of nitrogens with one attached hydrogen (secondary N) is 2. The molecule has 0 aliphatic carbocycles. The average molecular weight is 1120 g/mol. The number of nitrogens with two attached hydrogens (primary N) is 1. The molecule has 0 heterocycles. The zero-order valence-electron chi connectivity index (χ0n) is 35.5. The summed E-state index contributed by atoms with van der Waals surface area (Å²) in [5.41, 5.74) is 13.7. The largest absolute Gasteiger partial charge is 0.508 e. The molecule has 6 aromatic carbocycles. The molecule has 0 aromatic heterocycles. The van der Waals surface area contributed by atoms with Crippen LogP contribution in [0.2, 0.25) is 0 Å². The van der Waals surface area contributed by atoms with Crippen LogP contribution in [0.5, 0.6) is 17.2 Å². The maximum Gasteiger partial charge on any atom is 0.369 e. The minimum atomic E-state index is -0.957. The summed E-state index contributed by atoms with van der Waals surface area (Å²) in [7, 11) is 6.02. The van der Waals surface area contributed by atoms with Crippen molar-refractivity contribution in [3.63, 3.8) is 0 Å². The quantitative estimate of drug-likeness (QED) is 0.0401. The maximum atomic E-state index is 11.5. The molecule has 17 heteroatoms. The summed E-state index contributed by atoms with van der Waals surface area (Å²) in [5, 5.41) is 24.6. The van der Waals surface area contributed by atoms with Crippen LogP contribution in [0.15, 0.2) is 132 Å². The van der Waals surface area contributed by atoms with E-state index >= 15 is 0 Å². The molecule has 0 amide bonds. The molecule has 6 aromatic rings. The molecule has 0 saturated carbocycles. The second-order valence-corrected chi connectivity index (χ2v) is 20.2. The molecule has 63 heavy (non-hydrogen) atoms. The highest BCUT2D eigenvalue weighted by molar-refractivity contribution is 9.69. The van der Waals surface area contributed by atoms with Crippen molar-refractivity contribution in [2.75, 3.05) is 44.8 Å². The Morgan fingerprint density at radius 2 is 1.00 bits per heavy atom. The number of carboxylic acid groups (broad SMARTS) is 1. The number of hydrogen-bond acceptors (Lipinski definition) is 11. The second-order valence-electron chi connectivity index (χ2n) is 12.9. The molecule has 6 rings (SSSR count). The van der Waals surface area contributed by atoms with Gasteiger partial charge in [0.25, 0.3) is 0 Å². The summed E-state index contributed by atoms with van der Waals surface area (Å²) in [6.07, 6.45) is 0. The molecule has 0 radical (unpaired) electrons. The maximum absolute atomic E-state index is 11.5. The Balaban J connectivity index is 0.000000290. The second kappa shape index (κ2) is 28.3. The third kappa shape index (κ3) is 20.1. The fraction of sp³-hybridized carbons (Fsp3) is 0.152. The third-order valence-corrected chi connectivity index (χ3v) is 9.16. The van der Waals surface area contributed by atoms with Crippen LogP contribution in [0.1, 0.15) is 47.8 Å². The number of aromatic carboxylic acids is 1. The Morgan fingerprint density at radius 3 is 1.44 bits per heavy atom. The van der Waals surface area contributed by atoms with Crippen LogP contribution in [0.3, 0.4) is 0 Å². The van der Waals surface area contributed by atoms with Crippen molar-refractivity contribution in [3.05, 3.63) is 165 Å². The molecule has 12 nitrogen and oxygen atoms in total. The van der Waals surface area contributed by atoms with Crippen molar-refractivity contribution < 1.29 is 43.5 Å². The Kier molecular flexibility index (Phi) is 24.1. The number of anilines is 5. The number of aryl methyl sites for hydroxylation is 3. The number of carbonyl (C=O) groups is 3. The first-order valence-electron chi connectivity index (χ1n) is 18.6. The van der Waals surface area contributed by atoms with Gasteiger partial charge in [-0.2, -0.15) is 0 Å². The molecule has 0 spiro atoms. The summed E-state index contributed by atoms with van der Waals surface area (Å²) < 4.78 is 20.8. The number of carboxylic acids is 1. The molecule has 332 valence electrons. The van der Waals surface area contributed by atoms with Gasteiger partial charge in [0.05, 0.1) is 45.1 Å². The van der Waals surface area contributed by atoms with Crippen LogP contribution in [-0.4, -0.2) is 59.7 Å². The van der Waals surface area contributed by atoms with E-state index in [1.807, 2.05) is 69.3 Å². The van der Waals surface area contributed by atoms with Gasteiger partial charge in [0.2, 0.25) is 0 Å². The van der Waals surface area contributed by atoms with Crippen molar-refractivity contribution in [2.24, 2.45) is 0 Å². The van der Waals surface area contributed by atoms with Crippen LogP contribution in [0, 0.1) is 20.8 Å². The van der Waals surface area contributed by atoms with Gasteiger partial charge in [0.1, 0.15) is 17.2 Å². The molecule has 0 fully saturated rings. The molecule has 0 aliphatic rings. The van der Waals surface area contributed by atoms with E-state index in [-0.39, 0.29) is 26.4 Å². The van der Waals surface area contributed by atoms with Gasteiger partial charge >= 0.3 is 21.1 Å². The Labute approximate surface area is 401 Å². The molecule has 0 bridgehead atoms. The van der Waals surface area contributed by atoms with E-state index in [9.17, 15) is 19.5 Å². The average Bonchev–Trinajstić information content (AvgIpc) is 3.26. The standard InChI is InChI=1S/C16H17NO3.C14H13NO3.C8H9BrO.C8H9NO2.BBr3/c1-11-9-14(19-2)7-8-15(11)17-13-6-4-5-12(10-13)16(18)20-3;1-9-7-12(16)5-6-13(9)15-11-4-2-3-10(8-11)14(17)18;1-6-5-7(10-2)3-4-8(6)9;1-11-8(10)6-3-2-4-7(9)5-6;2-1(3)4/h4-10,17H,1-3H3;2-8,15-16H,1H3,(H,17,18);3-5H,1-2H3;2-5H,9H2,1H3;. The van der Waals surface area contributed by atoms with E-state index in [1.165, 1.54) is 25.8 Å². The molecular formula is C46H48BBr4N3O9.